The molecule has 0 amide bonds. The molecule has 2 rings (SSSR count). The van der Waals surface area contributed by atoms with E-state index in [1.807, 2.05) is 6.92 Å². The van der Waals surface area contributed by atoms with Crippen molar-refractivity contribution in [2.75, 3.05) is 0 Å². The second-order valence-electron chi connectivity index (χ2n) is 4.50. The van der Waals surface area contributed by atoms with Crippen molar-refractivity contribution in [3.63, 3.8) is 0 Å². The number of aromatic nitrogens is 3. The van der Waals surface area contributed by atoms with Crippen LogP contribution in [0, 0.1) is 10.1 Å². The molecule has 2 aromatic rings. The van der Waals surface area contributed by atoms with E-state index < -0.39 is 17.2 Å². The maximum atomic E-state index is 13.0. The van der Waals surface area contributed by atoms with Gasteiger partial charge in [-0.15, -0.1) is 0 Å². The van der Waals surface area contributed by atoms with Gasteiger partial charge in [0.2, 0.25) is 0 Å². The van der Waals surface area contributed by atoms with Gasteiger partial charge in [-0.1, -0.05) is 13.3 Å². The Morgan fingerprint density at radius 3 is 2.86 bits per heavy atom. The molecule has 0 saturated carbocycles. The summed E-state index contributed by atoms with van der Waals surface area (Å²) in [6, 6.07) is 3.07. The van der Waals surface area contributed by atoms with Crippen molar-refractivity contribution in [2.45, 2.75) is 32.7 Å². The summed E-state index contributed by atoms with van der Waals surface area (Å²) in [5, 5.41) is 14.4. The van der Waals surface area contributed by atoms with Crippen molar-refractivity contribution in [1.29, 1.82) is 0 Å². The van der Waals surface area contributed by atoms with E-state index in [0.29, 0.717) is 22.4 Å². The van der Waals surface area contributed by atoms with Crippen LogP contribution in [-0.2, 0) is 6.42 Å². The van der Waals surface area contributed by atoms with E-state index in [1.165, 1.54) is 12.3 Å². The molecule has 0 fully saturated rings. The number of alkyl halides is 2. The molecule has 0 atom stereocenters. The average Bonchev–Trinajstić information content (AvgIpc) is 2.90. The lowest BCUT2D eigenvalue weighted by Crippen LogP contribution is -2.04. The molecule has 0 aromatic carbocycles. The first-order valence-corrected chi connectivity index (χ1v) is 6.50. The Bertz CT molecular complexity index is 643. The molecule has 6 nitrogen and oxygen atoms in total. The van der Waals surface area contributed by atoms with Gasteiger partial charge in [0.1, 0.15) is 6.20 Å². The number of halogens is 2. The smallest absolute Gasteiger partial charge is 0.261 e. The van der Waals surface area contributed by atoms with Crippen LogP contribution in [0.4, 0.5) is 14.5 Å². The number of rotatable bonds is 6. The Balaban J connectivity index is 2.49. The van der Waals surface area contributed by atoms with Gasteiger partial charge in [-0.2, -0.15) is 18.6 Å². The summed E-state index contributed by atoms with van der Waals surface area (Å²) in [6.07, 6.45) is 4.88. The first-order chi connectivity index (χ1) is 10.0. The maximum Gasteiger partial charge on any atom is 0.334 e. The van der Waals surface area contributed by atoms with Crippen LogP contribution in [0.3, 0.4) is 0 Å². The van der Waals surface area contributed by atoms with E-state index in [0.717, 1.165) is 19.0 Å². The second-order valence-corrected chi connectivity index (χ2v) is 4.50. The number of pyridine rings is 1. The molecule has 2 aromatic heterocycles. The fraction of sp³-hybridized carbons (Fsp3) is 0.385. The lowest BCUT2D eigenvalue weighted by atomic mass is 10.1. The standard InChI is InChI=1S/C13H14F2N4O2/c1-2-3-4-10-7-9(5-6-16-10)12-11(19(20)21)8-17-18(12)13(14)15/h5-8,13H,2-4H2,1H3. The Labute approximate surface area is 119 Å². The highest BCUT2D eigenvalue weighted by atomic mass is 19.3. The Hall–Kier alpha value is -2.38. The van der Waals surface area contributed by atoms with Crippen molar-refractivity contribution in [1.82, 2.24) is 14.8 Å². The molecule has 0 aliphatic heterocycles. The number of hydrogen-bond donors (Lipinski definition) is 0. The molecular formula is C13H14F2N4O2. The van der Waals surface area contributed by atoms with Crippen LogP contribution in [0.15, 0.2) is 24.5 Å². The highest BCUT2D eigenvalue weighted by molar-refractivity contribution is 5.69. The summed E-state index contributed by atoms with van der Waals surface area (Å²) >= 11 is 0. The fourth-order valence-corrected chi connectivity index (χ4v) is 2.03. The first-order valence-electron chi connectivity index (χ1n) is 6.50. The molecule has 0 N–H and O–H groups in total. The molecule has 0 bridgehead atoms. The van der Waals surface area contributed by atoms with Crippen LogP contribution in [0.25, 0.3) is 11.3 Å². The van der Waals surface area contributed by atoms with E-state index in [2.05, 4.69) is 10.1 Å². The van der Waals surface area contributed by atoms with Crippen molar-refractivity contribution in [3.8, 4) is 11.3 Å². The summed E-state index contributed by atoms with van der Waals surface area (Å²) < 4.78 is 26.3. The van der Waals surface area contributed by atoms with Gasteiger partial charge in [-0.3, -0.25) is 15.1 Å². The number of unbranched alkanes of at least 4 members (excludes halogenated alkanes) is 1. The summed E-state index contributed by atoms with van der Waals surface area (Å²) in [4.78, 5) is 14.4. The SMILES string of the molecule is CCCCc1cc(-c2c([N+](=O)[O-])cnn2C(F)F)ccn1. The molecule has 8 heteroatoms. The van der Waals surface area contributed by atoms with Crippen molar-refractivity contribution in [2.24, 2.45) is 0 Å². The molecule has 0 spiro atoms. The zero-order valence-corrected chi connectivity index (χ0v) is 11.4. The summed E-state index contributed by atoms with van der Waals surface area (Å²) in [6.45, 7) is -0.915. The lowest BCUT2D eigenvalue weighted by Gasteiger charge is -2.07. The summed E-state index contributed by atoms with van der Waals surface area (Å²) in [7, 11) is 0. The number of nitrogens with zero attached hydrogens (tertiary/aromatic N) is 4. The molecule has 0 aliphatic rings. The minimum absolute atomic E-state index is 0.199. The number of hydrogen-bond acceptors (Lipinski definition) is 4. The molecule has 0 unspecified atom stereocenters. The predicted molar refractivity (Wildman–Crippen MR) is 72.0 cm³/mol. The first kappa shape index (κ1) is 15.0. The summed E-state index contributed by atoms with van der Waals surface area (Å²) in [5.41, 5.74) is 0.393. The van der Waals surface area contributed by atoms with Crippen molar-refractivity contribution < 1.29 is 13.7 Å². The van der Waals surface area contributed by atoms with Crippen molar-refractivity contribution >= 4 is 5.69 Å². The largest absolute Gasteiger partial charge is 0.334 e. The topological polar surface area (TPSA) is 73.8 Å². The van der Waals surface area contributed by atoms with E-state index >= 15 is 0 Å². The lowest BCUT2D eigenvalue weighted by molar-refractivity contribution is -0.384. The van der Waals surface area contributed by atoms with Crippen LogP contribution in [0.5, 0.6) is 0 Å². The number of aryl methyl sites for hydroxylation is 1. The van der Waals surface area contributed by atoms with Gasteiger partial charge in [-0.05, 0) is 25.0 Å². The van der Waals surface area contributed by atoms with Gasteiger partial charge in [0.25, 0.3) is 0 Å². The Morgan fingerprint density at radius 2 is 2.24 bits per heavy atom. The van der Waals surface area contributed by atoms with Gasteiger partial charge in [-0.25, -0.2) is 0 Å². The van der Waals surface area contributed by atoms with Crippen LogP contribution < -0.4 is 0 Å². The van der Waals surface area contributed by atoms with E-state index in [4.69, 9.17) is 0 Å². The molecule has 2 heterocycles. The number of nitro groups is 1. The monoisotopic (exact) mass is 296 g/mol. The van der Waals surface area contributed by atoms with E-state index in [1.54, 1.807) is 6.07 Å². The minimum atomic E-state index is -2.94. The third-order valence-corrected chi connectivity index (χ3v) is 3.03. The van der Waals surface area contributed by atoms with Crippen LogP contribution >= 0.6 is 0 Å². The third-order valence-electron chi connectivity index (χ3n) is 3.03. The van der Waals surface area contributed by atoms with Crippen LogP contribution in [-0.4, -0.2) is 19.7 Å². The zero-order valence-electron chi connectivity index (χ0n) is 11.4. The Kier molecular flexibility index (Phi) is 4.56. The average molecular weight is 296 g/mol. The molecule has 0 aliphatic carbocycles. The molecule has 0 saturated heterocycles. The molecule has 0 radical (unpaired) electrons. The minimum Gasteiger partial charge on any atom is -0.261 e. The van der Waals surface area contributed by atoms with Gasteiger partial charge in [0, 0.05) is 17.5 Å². The normalized spacial score (nSPS) is 11.0. The highest BCUT2D eigenvalue weighted by Gasteiger charge is 2.26. The van der Waals surface area contributed by atoms with E-state index in [9.17, 15) is 18.9 Å². The van der Waals surface area contributed by atoms with Gasteiger partial charge in [0.05, 0.1) is 4.92 Å². The highest BCUT2D eigenvalue weighted by Crippen LogP contribution is 2.32. The Morgan fingerprint density at radius 1 is 1.48 bits per heavy atom. The fourth-order valence-electron chi connectivity index (χ4n) is 2.03. The van der Waals surface area contributed by atoms with Gasteiger partial charge >= 0.3 is 12.2 Å². The van der Waals surface area contributed by atoms with Gasteiger partial charge in [0.15, 0.2) is 5.69 Å². The predicted octanol–water partition coefficient (Wildman–Crippen LogP) is 3.59. The quantitative estimate of drug-likeness (QED) is 0.603. The van der Waals surface area contributed by atoms with Crippen molar-refractivity contribution in [3.05, 3.63) is 40.3 Å². The molecule has 112 valence electrons. The van der Waals surface area contributed by atoms with Gasteiger partial charge < -0.3 is 0 Å². The van der Waals surface area contributed by atoms with E-state index in [-0.39, 0.29) is 5.69 Å². The maximum absolute atomic E-state index is 13.0. The second kappa shape index (κ2) is 6.38. The van der Waals surface area contributed by atoms with Crippen LogP contribution in [0.2, 0.25) is 0 Å². The third kappa shape index (κ3) is 3.21. The molecule has 21 heavy (non-hydrogen) atoms. The zero-order chi connectivity index (χ0) is 15.4. The molecular weight excluding hydrogens is 282 g/mol. The van der Waals surface area contributed by atoms with Crippen LogP contribution in [0.1, 0.15) is 32.0 Å². The summed E-state index contributed by atoms with van der Waals surface area (Å²) in [5.74, 6) is 0.